The van der Waals surface area contributed by atoms with E-state index in [0.717, 1.165) is 5.25 Å². The lowest BCUT2D eigenvalue weighted by Gasteiger charge is -2.28. The molecule has 0 aromatic carbocycles. The van der Waals surface area contributed by atoms with E-state index in [1.165, 1.54) is 12.2 Å². The van der Waals surface area contributed by atoms with Gasteiger partial charge < -0.3 is 0 Å². The van der Waals surface area contributed by atoms with E-state index in [2.05, 4.69) is 38.2 Å². The van der Waals surface area contributed by atoms with Crippen molar-refractivity contribution >= 4 is 20.9 Å². The fourth-order valence-corrected chi connectivity index (χ4v) is 2.66. The molecule has 72 valence electrons. The van der Waals surface area contributed by atoms with Gasteiger partial charge in [-0.25, -0.2) is 10.0 Å². The summed E-state index contributed by atoms with van der Waals surface area (Å²) in [5.74, 6) is 1.45. The maximum atomic E-state index is 2.41. The highest BCUT2D eigenvalue weighted by atomic mass is 32.3. The molecule has 0 aromatic heterocycles. The molecule has 0 heterocycles. The monoisotopic (exact) mass is 196 g/mol. The van der Waals surface area contributed by atoms with Gasteiger partial charge in [0.1, 0.15) is 0 Å². The maximum Gasteiger partial charge on any atom is -0.0163 e. The first-order valence-corrected chi connectivity index (χ1v) is 9.48. The van der Waals surface area contributed by atoms with Crippen LogP contribution in [0.2, 0.25) is 0 Å². The van der Waals surface area contributed by atoms with E-state index in [9.17, 15) is 0 Å². The van der Waals surface area contributed by atoms with Gasteiger partial charge in [-0.05, 0) is 48.7 Å². The Morgan fingerprint density at radius 1 is 1.18 bits per heavy atom. The average molecular weight is 196 g/mol. The number of thiol groups is 1. The molecular formula is C9H24S2. The van der Waals surface area contributed by atoms with Crippen LogP contribution in [0.4, 0.5) is 0 Å². The molecule has 0 aliphatic rings. The van der Waals surface area contributed by atoms with Crippen molar-refractivity contribution in [3.05, 3.63) is 0 Å². The Kier molecular flexibility index (Phi) is 4.96. The van der Waals surface area contributed by atoms with Crippen molar-refractivity contribution < 1.29 is 0 Å². The summed E-state index contributed by atoms with van der Waals surface area (Å²) in [5.41, 5.74) is 0. The molecule has 0 N–H and O–H groups in total. The van der Waals surface area contributed by atoms with Crippen LogP contribution in [0.15, 0.2) is 0 Å². The lowest BCUT2D eigenvalue weighted by atomic mass is 10.4. The van der Waals surface area contributed by atoms with Gasteiger partial charge in [0.15, 0.2) is 0 Å². The molecule has 1 atom stereocenters. The van der Waals surface area contributed by atoms with Gasteiger partial charge in [-0.1, -0.05) is 6.92 Å². The Labute approximate surface area is 76.8 Å². The Morgan fingerprint density at radius 2 is 1.64 bits per heavy atom. The predicted molar refractivity (Wildman–Crippen MR) is 65.1 cm³/mol. The molecule has 0 fully saturated rings. The quantitative estimate of drug-likeness (QED) is 0.657. The highest BCUT2D eigenvalue weighted by Gasteiger charge is 2.08. The molecule has 0 bridgehead atoms. The van der Waals surface area contributed by atoms with E-state index < -0.39 is 0 Å². The second-order valence-corrected chi connectivity index (χ2v) is 11.8. The van der Waals surface area contributed by atoms with E-state index in [4.69, 9.17) is 0 Å². The lowest BCUT2D eigenvalue weighted by molar-refractivity contribution is 0.911. The predicted octanol–water partition coefficient (Wildman–Crippen LogP) is 2.72. The van der Waals surface area contributed by atoms with Gasteiger partial charge in [-0.2, -0.15) is 0 Å². The van der Waals surface area contributed by atoms with Gasteiger partial charge >= 0.3 is 0 Å². The average Bonchev–Trinajstić information content (AvgIpc) is 1.80. The van der Waals surface area contributed by atoms with Gasteiger partial charge in [0, 0.05) is 0 Å². The molecule has 0 aromatic rings. The second-order valence-electron chi connectivity index (χ2n) is 4.40. The third kappa shape index (κ3) is 7.07. The van der Waals surface area contributed by atoms with Crippen LogP contribution in [0.3, 0.4) is 0 Å². The molecule has 0 saturated carbocycles. The molecule has 0 radical (unpaired) electrons. The van der Waals surface area contributed by atoms with Crippen LogP contribution in [0, 0.1) is 0 Å². The minimum atomic E-state index is -0.242. The topological polar surface area (TPSA) is 0 Å². The van der Waals surface area contributed by atoms with Crippen molar-refractivity contribution in [1.29, 1.82) is 0 Å². The minimum absolute atomic E-state index is 0.242. The van der Waals surface area contributed by atoms with Gasteiger partial charge in [0.05, 0.1) is 0 Å². The highest BCUT2D eigenvalue weighted by Crippen LogP contribution is 2.38. The largest absolute Gasteiger partial charge is 0.257 e. The zero-order valence-electron chi connectivity index (χ0n) is 8.85. The van der Waals surface area contributed by atoms with Gasteiger partial charge in [0.2, 0.25) is 0 Å². The summed E-state index contributed by atoms with van der Waals surface area (Å²) in [6.45, 7) is 2.40. The van der Waals surface area contributed by atoms with Gasteiger partial charge in [-0.15, -0.1) is 0 Å². The minimum Gasteiger partial charge on any atom is -0.257 e. The zero-order chi connectivity index (χ0) is 9.07. The molecule has 0 spiro atoms. The standard InChI is InChI=1S/C9H24S2/c1-9(10(2)3)7-8-11(4,5)6/h9-10H,7-8H2,1-6H3. The van der Waals surface area contributed by atoms with Crippen LogP contribution >= 0.6 is 20.9 Å². The third-order valence-electron chi connectivity index (χ3n) is 2.03. The summed E-state index contributed by atoms with van der Waals surface area (Å²) >= 11 is 0. The van der Waals surface area contributed by atoms with E-state index in [-0.39, 0.29) is 10.0 Å². The summed E-state index contributed by atoms with van der Waals surface area (Å²) in [6.07, 6.45) is 13.4. The second kappa shape index (κ2) is 4.66. The van der Waals surface area contributed by atoms with Crippen LogP contribution in [0.1, 0.15) is 13.3 Å². The molecular weight excluding hydrogens is 172 g/mol. The van der Waals surface area contributed by atoms with Crippen molar-refractivity contribution in [2.75, 3.05) is 37.0 Å². The summed E-state index contributed by atoms with van der Waals surface area (Å²) in [6, 6.07) is 0. The molecule has 0 amide bonds. The van der Waals surface area contributed by atoms with E-state index in [0.29, 0.717) is 10.9 Å². The normalized spacial score (nSPS) is 17.8. The first-order valence-electron chi connectivity index (χ1n) is 4.15. The fourth-order valence-electron chi connectivity index (χ4n) is 0.782. The summed E-state index contributed by atoms with van der Waals surface area (Å²) in [5, 5.41) is 0.969. The molecule has 11 heavy (non-hydrogen) atoms. The van der Waals surface area contributed by atoms with E-state index in [1.807, 2.05) is 0 Å². The molecule has 0 nitrogen and oxygen atoms in total. The van der Waals surface area contributed by atoms with Crippen LogP contribution in [0.25, 0.3) is 0 Å². The van der Waals surface area contributed by atoms with Crippen LogP contribution < -0.4 is 0 Å². The molecule has 0 saturated heterocycles. The maximum absolute atomic E-state index is 2.41. The summed E-state index contributed by atoms with van der Waals surface area (Å²) < 4.78 is 0. The third-order valence-corrected chi connectivity index (χ3v) is 5.51. The van der Waals surface area contributed by atoms with Crippen LogP contribution in [0.5, 0.6) is 0 Å². The summed E-state index contributed by atoms with van der Waals surface area (Å²) in [4.78, 5) is 0. The molecule has 0 rings (SSSR count). The Morgan fingerprint density at radius 3 is 1.91 bits per heavy atom. The van der Waals surface area contributed by atoms with Crippen molar-refractivity contribution in [3.8, 4) is 0 Å². The Balaban J connectivity index is 3.54. The molecule has 0 aliphatic heterocycles. The fraction of sp³-hybridized carbons (Fsp3) is 1.00. The van der Waals surface area contributed by atoms with Crippen molar-refractivity contribution in [3.63, 3.8) is 0 Å². The zero-order valence-corrected chi connectivity index (χ0v) is 10.6. The lowest BCUT2D eigenvalue weighted by Crippen LogP contribution is -2.08. The SMILES string of the molecule is CC(CCS(C)(C)C)[SH](C)C. The molecule has 0 aliphatic carbocycles. The van der Waals surface area contributed by atoms with Gasteiger partial charge in [0.25, 0.3) is 0 Å². The smallest absolute Gasteiger partial charge is 0.0163 e. The van der Waals surface area contributed by atoms with Gasteiger partial charge in [-0.3, -0.25) is 10.9 Å². The van der Waals surface area contributed by atoms with Crippen LogP contribution in [-0.2, 0) is 0 Å². The van der Waals surface area contributed by atoms with E-state index in [1.54, 1.807) is 0 Å². The Hall–Kier alpha value is 0.700. The number of hydrogen-bond donors (Lipinski definition) is 1. The van der Waals surface area contributed by atoms with E-state index >= 15 is 0 Å². The number of rotatable bonds is 4. The molecule has 1 unspecified atom stereocenters. The summed E-state index contributed by atoms with van der Waals surface area (Å²) in [7, 11) is 0.0563. The first kappa shape index (κ1) is 11.7. The van der Waals surface area contributed by atoms with Crippen LogP contribution in [-0.4, -0.2) is 42.3 Å². The highest BCUT2D eigenvalue weighted by molar-refractivity contribution is 8.32. The molecule has 2 heteroatoms. The van der Waals surface area contributed by atoms with Crippen molar-refractivity contribution in [2.24, 2.45) is 0 Å². The van der Waals surface area contributed by atoms with Crippen molar-refractivity contribution in [1.82, 2.24) is 0 Å². The first-order chi connectivity index (χ1) is 4.83. The Bertz CT molecular complexity index is 103. The van der Waals surface area contributed by atoms with Crippen molar-refractivity contribution in [2.45, 2.75) is 18.6 Å². The number of hydrogen-bond acceptors (Lipinski definition) is 0.